The van der Waals surface area contributed by atoms with Crippen LogP contribution >= 0.6 is 0 Å². The third-order valence-corrected chi connectivity index (χ3v) is 2.94. The molecule has 2 amide bonds. The van der Waals surface area contributed by atoms with Crippen LogP contribution < -0.4 is 5.32 Å². The Morgan fingerprint density at radius 2 is 1.56 bits per heavy atom. The Hall–Kier alpha value is -2.62. The molecule has 1 heterocycles. The number of aromatic hydroxyl groups is 1. The highest BCUT2D eigenvalue weighted by molar-refractivity contribution is 6.24. The zero-order valence-electron chi connectivity index (χ0n) is 9.31. The minimum Gasteiger partial charge on any atom is -0.507 e. The van der Waals surface area contributed by atoms with Gasteiger partial charge in [-0.05, 0) is 17.7 Å². The zero-order valence-corrected chi connectivity index (χ0v) is 9.31. The van der Waals surface area contributed by atoms with Crippen LogP contribution in [0.3, 0.4) is 0 Å². The van der Waals surface area contributed by atoms with Crippen LogP contribution in [-0.4, -0.2) is 16.9 Å². The molecule has 1 aliphatic rings. The molecular weight excluding hydrogens is 230 g/mol. The van der Waals surface area contributed by atoms with Crippen molar-refractivity contribution >= 4 is 11.8 Å². The van der Waals surface area contributed by atoms with E-state index in [1.807, 2.05) is 18.2 Å². The predicted molar refractivity (Wildman–Crippen MR) is 65.3 cm³/mol. The highest BCUT2D eigenvalue weighted by Gasteiger charge is 2.31. The lowest BCUT2D eigenvalue weighted by Gasteiger charge is -2.08. The van der Waals surface area contributed by atoms with Crippen LogP contribution in [0.4, 0.5) is 0 Å². The van der Waals surface area contributed by atoms with E-state index in [-0.39, 0.29) is 11.3 Å². The largest absolute Gasteiger partial charge is 0.507 e. The summed E-state index contributed by atoms with van der Waals surface area (Å²) in [4.78, 5) is 23.3. The molecule has 18 heavy (non-hydrogen) atoms. The number of imide groups is 1. The van der Waals surface area contributed by atoms with Crippen LogP contribution in [0.25, 0.3) is 11.1 Å². The minimum atomic E-state index is -0.468. The van der Waals surface area contributed by atoms with Gasteiger partial charge in [0.15, 0.2) is 0 Å². The summed E-state index contributed by atoms with van der Waals surface area (Å²) >= 11 is 0. The fourth-order valence-electron chi connectivity index (χ4n) is 2.15. The fourth-order valence-corrected chi connectivity index (χ4v) is 2.15. The van der Waals surface area contributed by atoms with Crippen molar-refractivity contribution in [2.75, 3.05) is 0 Å². The molecule has 2 aromatic carbocycles. The molecule has 0 aliphatic carbocycles. The SMILES string of the molecule is O=C1NC(=O)c2c1ccc(O)c2-c1ccccc1. The Kier molecular flexibility index (Phi) is 2.16. The van der Waals surface area contributed by atoms with E-state index in [4.69, 9.17) is 0 Å². The van der Waals surface area contributed by atoms with E-state index in [0.29, 0.717) is 16.7 Å². The van der Waals surface area contributed by atoms with Gasteiger partial charge in [0.2, 0.25) is 0 Å². The Bertz CT molecular complexity index is 662. The van der Waals surface area contributed by atoms with E-state index in [1.165, 1.54) is 12.1 Å². The molecular formula is C14H9NO3. The first-order valence-electron chi connectivity index (χ1n) is 5.45. The minimum absolute atomic E-state index is 0.00944. The van der Waals surface area contributed by atoms with Gasteiger partial charge in [-0.2, -0.15) is 0 Å². The molecule has 2 aromatic rings. The zero-order chi connectivity index (χ0) is 12.7. The first kappa shape index (κ1) is 10.5. The van der Waals surface area contributed by atoms with Gasteiger partial charge in [0.05, 0.1) is 11.1 Å². The summed E-state index contributed by atoms with van der Waals surface area (Å²) in [7, 11) is 0. The molecule has 88 valence electrons. The molecule has 0 saturated carbocycles. The van der Waals surface area contributed by atoms with Crippen LogP contribution in [0, 0.1) is 0 Å². The lowest BCUT2D eigenvalue weighted by atomic mass is 9.95. The van der Waals surface area contributed by atoms with Gasteiger partial charge < -0.3 is 5.11 Å². The summed E-state index contributed by atoms with van der Waals surface area (Å²) in [6.07, 6.45) is 0. The number of hydrogen-bond donors (Lipinski definition) is 2. The Morgan fingerprint density at radius 3 is 2.28 bits per heavy atom. The summed E-state index contributed by atoms with van der Waals surface area (Å²) in [6.45, 7) is 0. The van der Waals surface area contributed by atoms with Crippen LogP contribution in [0.1, 0.15) is 20.7 Å². The molecule has 1 aliphatic heterocycles. The molecule has 0 unspecified atom stereocenters. The standard InChI is InChI=1S/C14H9NO3/c16-10-7-6-9-12(14(18)15-13(9)17)11(10)8-4-2-1-3-5-8/h1-7,16H,(H,15,17,18). The average Bonchev–Trinajstić information content (AvgIpc) is 2.66. The van der Waals surface area contributed by atoms with Crippen molar-refractivity contribution in [3.63, 3.8) is 0 Å². The maximum Gasteiger partial charge on any atom is 0.259 e. The molecule has 2 N–H and O–H groups in total. The average molecular weight is 239 g/mol. The molecule has 0 fully saturated rings. The second-order valence-corrected chi connectivity index (χ2v) is 4.03. The van der Waals surface area contributed by atoms with Gasteiger partial charge in [-0.3, -0.25) is 14.9 Å². The normalized spacial score (nSPS) is 13.3. The number of amides is 2. The van der Waals surface area contributed by atoms with Crippen LogP contribution in [0.15, 0.2) is 42.5 Å². The van der Waals surface area contributed by atoms with Crippen molar-refractivity contribution in [2.24, 2.45) is 0 Å². The monoisotopic (exact) mass is 239 g/mol. The number of fused-ring (bicyclic) bond motifs is 1. The molecule has 0 atom stereocenters. The topological polar surface area (TPSA) is 66.4 Å². The summed E-state index contributed by atoms with van der Waals surface area (Å²) in [5.74, 6) is -0.901. The van der Waals surface area contributed by atoms with Crippen molar-refractivity contribution in [1.82, 2.24) is 5.32 Å². The molecule has 3 rings (SSSR count). The third-order valence-electron chi connectivity index (χ3n) is 2.94. The molecule has 0 radical (unpaired) electrons. The van der Waals surface area contributed by atoms with Gasteiger partial charge in [0.1, 0.15) is 5.75 Å². The number of nitrogens with one attached hydrogen (secondary N) is 1. The van der Waals surface area contributed by atoms with Gasteiger partial charge in [-0.1, -0.05) is 30.3 Å². The Labute approximate surface area is 103 Å². The maximum absolute atomic E-state index is 11.8. The smallest absolute Gasteiger partial charge is 0.259 e. The van der Waals surface area contributed by atoms with Gasteiger partial charge in [-0.15, -0.1) is 0 Å². The van der Waals surface area contributed by atoms with Gasteiger partial charge >= 0.3 is 0 Å². The number of benzene rings is 2. The molecule has 0 bridgehead atoms. The van der Waals surface area contributed by atoms with Crippen molar-refractivity contribution in [3.05, 3.63) is 53.6 Å². The first-order chi connectivity index (χ1) is 8.68. The maximum atomic E-state index is 11.8. The summed E-state index contributed by atoms with van der Waals surface area (Å²) in [5, 5.41) is 12.2. The van der Waals surface area contributed by atoms with E-state index in [1.54, 1.807) is 12.1 Å². The number of carbonyl (C=O) groups excluding carboxylic acids is 2. The number of phenols is 1. The van der Waals surface area contributed by atoms with E-state index < -0.39 is 11.8 Å². The highest BCUT2D eigenvalue weighted by Crippen LogP contribution is 2.36. The van der Waals surface area contributed by atoms with Gasteiger partial charge in [-0.25, -0.2) is 0 Å². The Balaban J connectivity index is 2.34. The van der Waals surface area contributed by atoms with Crippen LogP contribution in [0.5, 0.6) is 5.75 Å². The summed E-state index contributed by atoms with van der Waals surface area (Å²) in [5.41, 5.74) is 1.65. The number of phenolic OH excluding ortho intramolecular Hbond substituents is 1. The van der Waals surface area contributed by atoms with Gasteiger partial charge in [0.25, 0.3) is 11.8 Å². The number of rotatable bonds is 1. The molecule has 4 heteroatoms. The molecule has 4 nitrogen and oxygen atoms in total. The molecule has 0 saturated heterocycles. The van der Waals surface area contributed by atoms with Crippen LogP contribution in [-0.2, 0) is 0 Å². The Morgan fingerprint density at radius 1 is 0.833 bits per heavy atom. The number of carbonyl (C=O) groups is 2. The summed E-state index contributed by atoms with van der Waals surface area (Å²) in [6, 6.07) is 11.9. The predicted octanol–water partition coefficient (Wildman–Crippen LogP) is 1.94. The molecule has 0 aromatic heterocycles. The van der Waals surface area contributed by atoms with E-state index in [2.05, 4.69) is 5.32 Å². The lowest BCUT2D eigenvalue weighted by molar-refractivity contribution is 0.0880. The van der Waals surface area contributed by atoms with Crippen LogP contribution in [0.2, 0.25) is 0 Å². The second-order valence-electron chi connectivity index (χ2n) is 4.03. The van der Waals surface area contributed by atoms with E-state index >= 15 is 0 Å². The van der Waals surface area contributed by atoms with Crippen molar-refractivity contribution < 1.29 is 14.7 Å². The van der Waals surface area contributed by atoms with Gasteiger partial charge in [0, 0.05) is 5.56 Å². The van der Waals surface area contributed by atoms with E-state index in [9.17, 15) is 14.7 Å². The van der Waals surface area contributed by atoms with Crippen molar-refractivity contribution in [2.45, 2.75) is 0 Å². The quantitative estimate of drug-likeness (QED) is 0.747. The number of hydrogen-bond acceptors (Lipinski definition) is 3. The lowest BCUT2D eigenvalue weighted by Crippen LogP contribution is -2.20. The molecule has 0 spiro atoms. The van der Waals surface area contributed by atoms with Crippen molar-refractivity contribution in [3.8, 4) is 16.9 Å². The highest BCUT2D eigenvalue weighted by atomic mass is 16.3. The van der Waals surface area contributed by atoms with Crippen molar-refractivity contribution in [1.29, 1.82) is 0 Å². The van der Waals surface area contributed by atoms with E-state index in [0.717, 1.165) is 0 Å². The second kappa shape index (κ2) is 3.70. The fraction of sp³-hybridized carbons (Fsp3) is 0. The first-order valence-corrected chi connectivity index (χ1v) is 5.45. The summed E-state index contributed by atoms with van der Waals surface area (Å²) < 4.78 is 0. The third kappa shape index (κ3) is 1.39.